The average molecular weight is 754 g/mol. The third-order valence-corrected chi connectivity index (χ3v) is 13.5. The number of hydrogen-bond acceptors (Lipinski definition) is 2. The van der Waals surface area contributed by atoms with Crippen molar-refractivity contribution in [1.82, 2.24) is 0 Å². The summed E-state index contributed by atoms with van der Waals surface area (Å²) in [6.07, 6.45) is 0. The topological polar surface area (TPSA) is 40.5 Å². The van der Waals surface area contributed by atoms with Crippen LogP contribution in [0.3, 0.4) is 0 Å². The van der Waals surface area contributed by atoms with Crippen LogP contribution in [0.25, 0.3) is 21.5 Å². The fraction of sp³-hybridized carbons (Fsp3) is 0.0455. The molecule has 8 aromatic rings. The van der Waals surface area contributed by atoms with Crippen molar-refractivity contribution in [3.05, 3.63) is 205 Å². The first kappa shape index (κ1) is 36.4. The van der Waals surface area contributed by atoms with Gasteiger partial charge in [-0.1, -0.05) is 83.9 Å². The molecule has 0 unspecified atom stereocenters. The Morgan fingerprint density at radius 3 is 1.12 bits per heavy atom. The summed E-state index contributed by atoms with van der Waals surface area (Å²) in [5.41, 5.74) is 2.85. The normalized spacial score (nSPS) is 10.8. The Kier molecular flexibility index (Phi) is 12.5. The third-order valence-electron chi connectivity index (χ3n) is 8.69. The van der Waals surface area contributed by atoms with Gasteiger partial charge in [0.1, 0.15) is 23.1 Å². The van der Waals surface area contributed by atoms with Crippen LogP contribution in [0.15, 0.2) is 182 Å². The Morgan fingerprint density at radius 1 is 0.440 bits per heavy atom. The molecule has 0 heterocycles. The molecule has 0 radical (unpaired) electrons. The Bertz CT molecular complexity index is 1940. The van der Waals surface area contributed by atoms with Crippen LogP contribution in [0.4, 0.5) is 8.78 Å². The molecule has 0 atom stereocenters. The maximum absolute atomic E-state index is 12.0. The van der Waals surface area contributed by atoms with Gasteiger partial charge < -0.3 is 10.2 Å². The summed E-state index contributed by atoms with van der Waals surface area (Å²) in [6.45, 7) is 0. The Labute approximate surface area is 311 Å². The van der Waals surface area contributed by atoms with Crippen LogP contribution >= 0.6 is 0 Å². The average Bonchev–Trinajstić information content (AvgIpc) is 3.78. The van der Waals surface area contributed by atoms with Gasteiger partial charge in [0.05, 0.1) is 8.07 Å². The molecule has 0 bridgehead atoms. The van der Waals surface area contributed by atoms with Crippen LogP contribution in [-0.2, 0) is 38.3 Å². The first-order chi connectivity index (χ1) is 23.9. The molecule has 0 saturated heterocycles. The number of hydrogen-bond donors (Lipinski definition) is 2. The molecule has 2 N–H and O–H groups in total. The molecule has 2 nitrogen and oxygen atoms in total. The molecule has 6 heteroatoms. The van der Waals surface area contributed by atoms with Gasteiger partial charge in [-0.2, -0.15) is 22.9 Å². The van der Waals surface area contributed by atoms with E-state index in [1.807, 2.05) is 0 Å². The molecule has 0 aliphatic heterocycles. The van der Waals surface area contributed by atoms with Crippen molar-refractivity contribution >= 4 is 40.0 Å². The second-order valence-electron chi connectivity index (χ2n) is 12.1. The van der Waals surface area contributed by atoms with Gasteiger partial charge in [0, 0.05) is 0 Å². The molecule has 8 rings (SSSR count). The van der Waals surface area contributed by atoms with Crippen LogP contribution in [0.1, 0.15) is 11.1 Å². The van der Waals surface area contributed by atoms with E-state index in [9.17, 15) is 8.78 Å². The van der Waals surface area contributed by atoms with Gasteiger partial charge in [-0.3, -0.25) is 0 Å². The minimum Gasteiger partial charge on any atom is -0.508 e. The summed E-state index contributed by atoms with van der Waals surface area (Å²) in [5, 5.41) is 25.6. The number of phenols is 2. The molecule has 246 valence electrons. The van der Waals surface area contributed by atoms with Crippen molar-refractivity contribution in [1.29, 1.82) is 0 Å². The molecule has 0 aromatic heterocycles. The van der Waals surface area contributed by atoms with Gasteiger partial charge in [0.2, 0.25) is 0 Å². The Hall–Kier alpha value is -4.90. The van der Waals surface area contributed by atoms with Crippen LogP contribution in [-0.4, -0.2) is 18.3 Å². The molecule has 0 aliphatic carbocycles. The standard InChI is InChI=1S/C32H26Si.2C6H5FO.Zr/c1-3-11-25(12-4-1)23-33(24-26-13-5-2-6-14-26,31-19-27-15-7-8-16-28(27)20-31)32-21-29-17-9-10-18-30(29)22-32;2*7-5-1-3-6(8)4-2-5;/h1-22H,23-24H2;2*1-4,8H;/q-2;;;+2. The molecule has 0 fully saturated rings. The van der Waals surface area contributed by atoms with Crippen LogP contribution in [0, 0.1) is 11.6 Å². The molecule has 0 aliphatic rings. The van der Waals surface area contributed by atoms with Crippen LogP contribution in [0.2, 0.25) is 0 Å². The first-order valence-corrected chi connectivity index (χ1v) is 18.6. The Morgan fingerprint density at radius 2 is 0.780 bits per heavy atom. The van der Waals surface area contributed by atoms with E-state index in [4.69, 9.17) is 10.2 Å². The second-order valence-corrected chi connectivity index (χ2v) is 16.1. The predicted octanol–water partition coefficient (Wildman–Crippen LogP) is 9.62. The van der Waals surface area contributed by atoms with E-state index < -0.39 is 8.07 Å². The van der Waals surface area contributed by atoms with Gasteiger partial charge in [-0.15, -0.1) is 69.7 Å². The maximum Gasteiger partial charge on any atom is 2.00 e. The first-order valence-electron chi connectivity index (χ1n) is 16.2. The van der Waals surface area contributed by atoms with Gasteiger partial charge in [-0.25, -0.2) is 8.78 Å². The second kappa shape index (κ2) is 17.2. The summed E-state index contributed by atoms with van der Waals surface area (Å²) >= 11 is 0. The number of fused-ring (bicyclic) bond motifs is 2. The largest absolute Gasteiger partial charge is 2.00 e. The molecule has 0 spiro atoms. The van der Waals surface area contributed by atoms with Crippen molar-refractivity contribution in [3.63, 3.8) is 0 Å². The summed E-state index contributed by atoms with van der Waals surface area (Å²) in [4.78, 5) is 0. The van der Waals surface area contributed by atoms with E-state index in [0.717, 1.165) is 12.1 Å². The zero-order valence-corrected chi connectivity index (χ0v) is 30.8. The minimum absolute atomic E-state index is 0. The van der Waals surface area contributed by atoms with Crippen molar-refractivity contribution < 1.29 is 45.2 Å². The predicted molar refractivity (Wildman–Crippen MR) is 201 cm³/mol. The fourth-order valence-corrected chi connectivity index (χ4v) is 11.1. The molecular formula is C44H36F2O2SiZr. The monoisotopic (exact) mass is 752 g/mol. The van der Waals surface area contributed by atoms with Crippen molar-refractivity contribution in [3.8, 4) is 11.5 Å². The summed E-state index contributed by atoms with van der Waals surface area (Å²) in [7, 11) is -2.20. The SMILES string of the molecule is Oc1ccc(F)cc1.Oc1ccc(F)cc1.[Zr+2].c1ccc(C[Si](Cc2ccccc2)(c2cc3ccccc3[cH-]2)c2cc3ccccc3[cH-]2)cc1. The number of halogens is 2. The fourth-order valence-electron chi connectivity index (χ4n) is 6.26. The summed E-state index contributed by atoms with van der Waals surface area (Å²) < 4.78 is 24.0. The van der Waals surface area contributed by atoms with Gasteiger partial charge in [-0.05, 0) is 60.6 Å². The van der Waals surface area contributed by atoms with Crippen molar-refractivity contribution in [2.75, 3.05) is 0 Å². The molecule has 50 heavy (non-hydrogen) atoms. The van der Waals surface area contributed by atoms with E-state index in [0.29, 0.717) is 0 Å². The Balaban J connectivity index is 0.000000235. The molecule has 0 amide bonds. The van der Waals surface area contributed by atoms with Crippen LogP contribution in [0.5, 0.6) is 11.5 Å². The molecule has 8 aromatic carbocycles. The maximum atomic E-state index is 12.0. The van der Waals surface area contributed by atoms with Gasteiger partial charge in [0.25, 0.3) is 0 Å². The van der Waals surface area contributed by atoms with Crippen molar-refractivity contribution in [2.45, 2.75) is 12.1 Å². The summed E-state index contributed by atoms with van der Waals surface area (Å²) in [6, 6.07) is 61.9. The number of rotatable bonds is 6. The summed E-state index contributed by atoms with van der Waals surface area (Å²) in [5.74, 6) is -0.483. The van der Waals surface area contributed by atoms with Crippen LogP contribution < -0.4 is 10.4 Å². The van der Waals surface area contributed by atoms with Crippen molar-refractivity contribution in [2.24, 2.45) is 0 Å². The van der Waals surface area contributed by atoms with E-state index in [1.165, 1.54) is 91.6 Å². The number of aromatic hydroxyl groups is 2. The smallest absolute Gasteiger partial charge is 0.508 e. The quantitative estimate of drug-likeness (QED) is 0.131. The van der Waals surface area contributed by atoms with Gasteiger partial charge >= 0.3 is 26.2 Å². The number of phenolic OH excluding ortho intramolecular Hbond substituents is 2. The van der Waals surface area contributed by atoms with E-state index in [-0.39, 0.29) is 49.3 Å². The molecule has 0 saturated carbocycles. The third kappa shape index (κ3) is 9.20. The van der Waals surface area contributed by atoms with E-state index in [1.54, 1.807) is 0 Å². The molecular weight excluding hydrogens is 718 g/mol. The zero-order valence-electron chi connectivity index (χ0n) is 27.4. The minimum atomic E-state index is -2.20. The van der Waals surface area contributed by atoms with E-state index in [2.05, 4.69) is 133 Å². The van der Waals surface area contributed by atoms with Gasteiger partial charge in [0.15, 0.2) is 0 Å². The number of benzene rings is 6. The zero-order chi connectivity index (χ0) is 34.1. The van der Waals surface area contributed by atoms with E-state index >= 15 is 0 Å².